The van der Waals surface area contributed by atoms with Crippen LogP contribution in [0.2, 0.25) is 0 Å². The highest BCUT2D eigenvalue weighted by Gasteiger charge is 2.19. The number of ether oxygens (including phenoxy) is 2. The van der Waals surface area contributed by atoms with Gasteiger partial charge in [-0.25, -0.2) is 0 Å². The van der Waals surface area contributed by atoms with Gasteiger partial charge in [0.25, 0.3) is 0 Å². The summed E-state index contributed by atoms with van der Waals surface area (Å²) in [6.45, 7) is 5.81. The first-order valence-electron chi connectivity index (χ1n) is 5.65. The third-order valence-electron chi connectivity index (χ3n) is 2.47. The molecule has 1 rings (SSSR count). The van der Waals surface area contributed by atoms with Crippen LogP contribution in [0.4, 0.5) is 0 Å². The molecular weight excluding hydrogens is 210 g/mol. The van der Waals surface area contributed by atoms with E-state index < -0.39 is 0 Å². The second-order valence-electron chi connectivity index (χ2n) is 3.72. The summed E-state index contributed by atoms with van der Waals surface area (Å²) in [6, 6.07) is 0. The largest absolute Gasteiger partial charge is 0.379 e. The maximum absolute atomic E-state index is 10.2. The second-order valence-corrected chi connectivity index (χ2v) is 3.72. The quantitative estimate of drug-likeness (QED) is 0.389. The van der Waals surface area contributed by atoms with E-state index in [4.69, 9.17) is 15.2 Å². The normalized spacial score (nSPS) is 21.9. The Kier molecular flexibility index (Phi) is 7.07. The van der Waals surface area contributed by atoms with Gasteiger partial charge in [-0.15, -0.1) is 0 Å². The van der Waals surface area contributed by atoms with Crippen LogP contribution in [0.5, 0.6) is 0 Å². The van der Waals surface area contributed by atoms with Crippen molar-refractivity contribution in [1.29, 1.82) is 0 Å². The summed E-state index contributed by atoms with van der Waals surface area (Å²) >= 11 is 0. The number of hydrogen-bond donors (Lipinski definition) is 2. The van der Waals surface area contributed by atoms with E-state index in [1.807, 2.05) is 0 Å². The van der Waals surface area contributed by atoms with Gasteiger partial charge >= 0.3 is 0 Å². The van der Waals surface area contributed by atoms with Crippen LogP contribution in [0, 0.1) is 0 Å². The van der Waals surface area contributed by atoms with Crippen LogP contribution < -0.4 is 11.1 Å². The number of morpholine rings is 1. The first kappa shape index (κ1) is 13.4. The van der Waals surface area contributed by atoms with Crippen LogP contribution in [0.25, 0.3) is 0 Å². The van der Waals surface area contributed by atoms with Gasteiger partial charge in [-0.1, -0.05) is 0 Å². The molecule has 1 unspecified atom stereocenters. The molecule has 3 N–H and O–H groups in total. The molecule has 6 nitrogen and oxygen atoms in total. The molecule has 1 heterocycles. The van der Waals surface area contributed by atoms with Gasteiger partial charge in [0.1, 0.15) is 0 Å². The van der Waals surface area contributed by atoms with Crippen molar-refractivity contribution in [3.05, 3.63) is 0 Å². The highest BCUT2D eigenvalue weighted by atomic mass is 16.5. The number of rotatable bonds is 8. The number of amides is 1. The minimum Gasteiger partial charge on any atom is -0.379 e. The number of nitrogens with two attached hydrogens (primary N) is 1. The van der Waals surface area contributed by atoms with Crippen molar-refractivity contribution in [2.24, 2.45) is 5.73 Å². The summed E-state index contributed by atoms with van der Waals surface area (Å²) in [4.78, 5) is 12.4. The summed E-state index contributed by atoms with van der Waals surface area (Å²) < 4.78 is 10.8. The molecule has 1 aliphatic heterocycles. The molecule has 6 heteroatoms. The third-order valence-corrected chi connectivity index (χ3v) is 2.47. The standard InChI is InChI=1S/C10H21N3O3/c11-1-4-15-5-2-13-3-6-16-10(8-13)7-12-9-14/h9-10H,1-8,11H2,(H,12,14). The van der Waals surface area contributed by atoms with E-state index in [1.165, 1.54) is 0 Å². The maximum Gasteiger partial charge on any atom is 0.207 e. The molecule has 1 fully saturated rings. The lowest BCUT2D eigenvalue weighted by atomic mass is 10.2. The van der Waals surface area contributed by atoms with Gasteiger partial charge in [0.05, 0.1) is 25.9 Å². The Labute approximate surface area is 96.1 Å². The monoisotopic (exact) mass is 231 g/mol. The first-order chi connectivity index (χ1) is 7.86. The van der Waals surface area contributed by atoms with Gasteiger partial charge in [-0.2, -0.15) is 0 Å². The Morgan fingerprint density at radius 2 is 2.44 bits per heavy atom. The zero-order valence-corrected chi connectivity index (χ0v) is 9.56. The van der Waals surface area contributed by atoms with Gasteiger partial charge in [0, 0.05) is 32.7 Å². The molecule has 16 heavy (non-hydrogen) atoms. The molecule has 0 radical (unpaired) electrons. The third kappa shape index (κ3) is 5.41. The number of nitrogens with one attached hydrogen (secondary N) is 1. The van der Waals surface area contributed by atoms with Crippen LogP contribution >= 0.6 is 0 Å². The van der Waals surface area contributed by atoms with Gasteiger partial charge in [0.2, 0.25) is 6.41 Å². The molecule has 1 saturated heterocycles. The molecule has 94 valence electrons. The van der Waals surface area contributed by atoms with Crippen LogP contribution in [0.3, 0.4) is 0 Å². The Morgan fingerprint density at radius 3 is 3.19 bits per heavy atom. The lowest BCUT2D eigenvalue weighted by Gasteiger charge is -2.32. The van der Waals surface area contributed by atoms with Crippen LogP contribution in [-0.4, -0.2) is 70.0 Å². The molecule has 0 bridgehead atoms. The summed E-state index contributed by atoms with van der Waals surface area (Å²) in [7, 11) is 0. The van der Waals surface area contributed by atoms with Crippen molar-refractivity contribution in [2.75, 3.05) is 52.5 Å². The van der Waals surface area contributed by atoms with E-state index in [1.54, 1.807) is 0 Å². The Hall–Kier alpha value is -0.690. The van der Waals surface area contributed by atoms with Gasteiger partial charge in [-0.05, 0) is 0 Å². The average molecular weight is 231 g/mol. The molecule has 0 aromatic heterocycles. The van der Waals surface area contributed by atoms with E-state index in [0.29, 0.717) is 39.3 Å². The van der Waals surface area contributed by atoms with Crippen molar-refractivity contribution in [2.45, 2.75) is 6.10 Å². The van der Waals surface area contributed by atoms with E-state index in [-0.39, 0.29) is 6.10 Å². The minimum atomic E-state index is 0.0912. The van der Waals surface area contributed by atoms with E-state index in [0.717, 1.165) is 19.6 Å². The Morgan fingerprint density at radius 1 is 1.56 bits per heavy atom. The van der Waals surface area contributed by atoms with E-state index >= 15 is 0 Å². The Balaban J connectivity index is 2.09. The van der Waals surface area contributed by atoms with Crippen molar-refractivity contribution in [3.63, 3.8) is 0 Å². The van der Waals surface area contributed by atoms with E-state index in [9.17, 15) is 4.79 Å². The average Bonchev–Trinajstić information content (AvgIpc) is 2.33. The molecule has 0 aromatic rings. The lowest BCUT2D eigenvalue weighted by Crippen LogP contribution is -2.47. The molecule has 0 saturated carbocycles. The molecule has 1 amide bonds. The number of nitrogens with zero attached hydrogens (tertiary/aromatic N) is 1. The van der Waals surface area contributed by atoms with Crippen LogP contribution in [0.15, 0.2) is 0 Å². The zero-order valence-electron chi connectivity index (χ0n) is 9.56. The fourth-order valence-electron chi connectivity index (χ4n) is 1.67. The lowest BCUT2D eigenvalue weighted by molar-refractivity contribution is -0.110. The maximum atomic E-state index is 10.2. The summed E-state index contributed by atoms with van der Waals surface area (Å²) in [5, 5.41) is 2.63. The highest BCUT2D eigenvalue weighted by molar-refractivity contribution is 5.45. The number of hydrogen-bond acceptors (Lipinski definition) is 5. The fourth-order valence-corrected chi connectivity index (χ4v) is 1.67. The second kappa shape index (κ2) is 8.46. The molecule has 1 aliphatic rings. The zero-order chi connectivity index (χ0) is 11.6. The van der Waals surface area contributed by atoms with Gasteiger partial charge < -0.3 is 20.5 Å². The van der Waals surface area contributed by atoms with Gasteiger partial charge in [0.15, 0.2) is 0 Å². The predicted molar refractivity (Wildman–Crippen MR) is 60.1 cm³/mol. The van der Waals surface area contributed by atoms with Crippen molar-refractivity contribution < 1.29 is 14.3 Å². The molecule has 1 atom stereocenters. The minimum absolute atomic E-state index is 0.0912. The number of carbonyl (C=O) groups is 1. The SMILES string of the molecule is NCCOCCN1CCOC(CNC=O)C1. The Bertz CT molecular complexity index is 192. The molecule has 0 aliphatic carbocycles. The summed E-state index contributed by atoms with van der Waals surface area (Å²) in [5.41, 5.74) is 5.32. The van der Waals surface area contributed by atoms with E-state index in [2.05, 4.69) is 10.2 Å². The first-order valence-corrected chi connectivity index (χ1v) is 5.65. The molecule has 0 spiro atoms. The summed E-state index contributed by atoms with van der Waals surface area (Å²) in [6.07, 6.45) is 0.792. The molecular formula is C10H21N3O3. The smallest absolute Gasteiger partial charge is 0.207 e. The van der Waals surface area contributed by atoms with Crippen LogP contribution in [-0.2, 0) is 14.3 Å². The topological polar surface area (TPSA) is 76.8 Å². The van der Waals surface area contributed by atoms with Gasteiger partial charge in [-0.3, -0.25) is 9.69 Å². The fraction of sp³-hybridized carbons (Fsp3) is 0.900. The highest BCUT2D eigenvalue weighted by Crippen LogP contribution is 2.03. The predicted octanol–water partition coefficient (Wildman–Crippen LogP) is -1.59. The molecule has 0 aromatic carbocycles. The van der Waals surface area contributed by atoms with Crippen LogP contribution in [0.1, 0.15) is 0 Å². The number of carbonyl (C=O) groups excluding carboxylic acids is 1. The van der Waals surface area contributed by atoms with Crippen molar-refractivity contribution in [1.82, 2.24) is 10.2 Å². The van der Waals surface area contributed by atoms with Crippen molar-refractivity contribution in [3.8, 4) is 0 Å². The van der Waals surface area contributed by atoms with Crippen molar-refractivity contribution >= 4 is 6.41 Å². The summed E-state index contributed by atoms with van der Waals surface area (Å²) in [5.74, 6) is 0.